The molecule has 1 N–H and O–H groups in total. The van der Waals surface area contributed by atoms with Crippen molar-refractivity contribution in [3.63, 3.8) is 0 Å². The van der Waals surface area contributed by atoms with Crippen LogP contribution in [0.25, 0.3) is 0 Å². The zero-order chi connectivity index (χ0) is 16.2. The Hall–Kier alpha value is -2.68. The molecular weight excluding hydrogens is 293 g/mol. The monoisotopic (exact) mass is 311 g/mol. The van der Waals surface area contributed by atoms with Crippen molar-refractivity contribution >= 4 is 11.5 Å². The number of rotatable bonds is 3. The van der Waals surface area contributed by atoms with Crippen LogP contribution >= 0.6 is 0 Å². The van der Waals surface area contributed by atoms with Crippen LogP contribution in [0.1, 0.15) is 24.1 Å². The first-order valence-corrected chi connectivity index (χ1v) is 7.65. The van der Waals surface area contributed by atoms with E-state index in [2.05, 4.69) is 20.2 Å². The summed E-state index contributed by atoms with van der Waals surface area (Å²) in [5, 5.41) is 12.4. The lowest BCUT2D eigenvalue weighted by atomic mass is 10.0. The molecule has 23 heavy (non-hydrogen) atoms. The van der Waals surface area contributed by atoms with Crippen molar-refractivity contribution in [1.29, 1.82) is 5.26 Å². The molecule has 2 heterocycles. The Labute approximate surface area is 134 Å². The Balaban J connectivity index is 1.73. The summed E-state index contributed by atoms with van der Waals surface area (Å²) < 4.78 is 13.6. The number of nitrogens with one attached hydrogen (secondary N) is 1. The molecule has 1 aromatic carbocycles. The van der Waals surface area contributed by atoms with Crippen molar-refractivity contribution in [3.05, 3.63) is 47.7 Å². The van der Waals surface area contributed by atoms with Crippen LogP contribution < -0.4 is 10.2 Å². The zero-order valence-electron chi connectivity index (χ0n) is 13.0. The number of halogens is 1. The molecule has 1 atom stereocenters. The molecule has 1 aliphatic heterocycles. The van der Waals surface area contributed by atoms with Crippen LogP contribution in [0, 0.1) is 24.1 Å². The van der Waals surface area contributed by atoms with Crippen molar-refractivity contribution in [3.8, 4) is 6.07 Å². The lowest BCUT2D eigenvalue weighted by Crippen LogP contribution is -2.42. The van der Waals surface area contributed by atoms with E-state index in [9.17, 15) is 4.39 Å². The number of aromatic nitrogens is 2. The first-order chi connectivity index (χ1) is 11.1. The van der Waals surface area contributed by atoms with Crippen molar-refractivity contribution < 1.29 is 4.39 Å². The number of anilines is 2. The molecule has 2 aromatic rings. The van der Waals surface area contributed by atoms with E-state index in [4.69, 9.17) is 5.26 Å². The van der Waals surface area contributed by atoms with Gasteiger partial charge in [0.2, 0.25) is 0 Å². The smallest absolute Gasteiger partial charge is 0.129 e. The average molecular weight is 311 g/mol. The van der Waals surface area contributed by atoms with E-state index in [1.807, 2.05) is 19.1 Å². The third-order valence-corrected chi connectivity index (χ3v) is 3.95. The van der Waals surface area contributed by atoms with E-state index in [-0.39, 0.29) is 11.9 Å². The molecule has 1 aliphatic rings. The fraction of sp³-hybridized carbons (Fsp3) is 0.353. The SMILES string of the molecule is Cc1cc(NC2CCCN(c3cc(F)cc(C#N)c3)C2)ncn1. The Morgan fingerprint density at radius 2 is 2.17 bits per heavy atom. The first-order valence-electron chi connectivity index (χ1n) is 7.65. The van der Waals surface area contributed by atoms with Gasteiger partial charge < -0.3 is 10.2 Å². The maximum absolute atomic E-state index is 13.6. The minimum Gasteiger partial charge on any atom is -0.369 e. The van der Waals surface area contributed by atoms with Crippen molar-refractivity contribution in [1.82, 2.24) is 9.97 Å². The second-order valence-corrected chi connectivity index (χ2v) is 5.78. The third-order valence-electron chi connectivity index (χ3n) is 3.95. The quantitative estimate of drug-likeness (QED) is 0.944. The van der Waals surface area contributed by atoms with Crippen LogP contribution in [0.4, 0.5) is 15.9 Å². The van der Waals surface area contributed by atoms with Gasteiger partial charge in [0.05, 0.1) is 11.6 Å². The van der Waals surface area contributed by atoms with Crippen LogP contribution in [0.5, 0.6) is 0 Å². The Bertz CT molecular complexity index is 740. The highest BCUT2D eigenvalue weighted by atomic mass is 19.1. The molecule has 0 radical (unpaired) electrons. The second kappa shape index (κ2) is 6.61. The van der Waals surface area contributed by atoms with Crippen LogP contribution in [0.2, 0.25) is 0 Å². The van der Waals surface area contributed by atoms with E-state index in [1.54, 1.807) is 12.4 Å². The number of piperidine rings is 1. The molecule has 0 saturated carbocycles. The van der Waals surface area contributed by atoms with Crippen LogP contribution in [-0.4, -0.2) is 29.1 Å². The normalized spacial score (nSPS) is 17.6. The summed E-state index contributed by atoms with van der Waals surface area (Å²) in [5.41, 5.74) is 2.02. The predicted octanol–water partition coefficient (Wildman–Crippen LogP) is 2.88. The van der Waals surface area contributed by atoms with Crippen molar-refractivity contribution in [2.75, 3.05) is 23.3 Å². The maximum atomic E-state index is 13.6. The molecule has 1 unspecified atom stereocenters. The van der Waals surface area contributed by atoms with Gasteiger partial charge in [-0.25, -0.2) is 14.4 Å². The summed E-state index contributed by atoms with van der Waals surface area (Å²) in [5.74, 6) is 0.432. The first kappa shape index (κ1) is 15.2. The van der Waals surface area contributed by atoms with Gasteiger partial charge in [0.15, 0.2) is 0 Å². The summed E-state index contributed by atoms with van der Waals surface area (Å²) in [7, 11) is 0. The second-order valence-electron chi connectivity index (χ2n) is 5.78. The summed E-state index contributed by atoms with van der Waals surface area (Å²) >= 11 is 0. The van der Waals surface area contributed by atoms with Gasteiger partial charge in [-0.05, 0) is 38.0 Å². The van der Waals surface area contributed by atoms with Gasteiger partial charge >= 0.3 is 0 Å². The van der Waals surface area contributed by atoms with E-state index in [1.165, 1.54) is 12.1 Å². The number of benzene rings is 1. The molecule has 1 saturated heterocycles. The van der Waals surface area contributed by atoms with E-state index in [0.29, 0.717) is 5.56 Å². The molecule has 5 nitrogen and oxygen atoms in total. The number of nitrogens with zero attached hydrogens (tertiary/aromatic N) is 4. The fourth-order valence-electron chi connectivity index (χ4n) is 2.89. The lowest BCUT2D eigenvalue weighted by Gasteiger charge is -2.35. The van der Waals surface area contributed by atoms with E-state index >= 15 is 0 Å². The molecule has 0 amide bonds. The molecule has 0 bridgehead atoms. The predicted molar refractivity (Wildman–Crippen MR) is 86.7 cm³/mol. The number of nitriles is 1. The summed E-state index contributed by atoms with van der Waals surface area (Å²) in [6, 6.07) is 8.62. The Morgan fingerprint density at radius 1 is 1.30 bits per heavy atom. The summed E-state index contributed by atoms with van der Waals surface area (Å²) in [6.07, 6.45) is 3.57. The van der Waals surface area contributed by atoms with Gasteiger partial charge in [-0.15, -0.1) is 0 Å². The van der Waals surface area contributed by atoms with Gasteiger partial charge in [-0.3, -0.25) is 0 Å². The van der Waals surface area contributed by atoms with Crippen LogP contribution in [0.15, 0.2) is 30.6 Å². The van der Waals surface area contributed by atoms with Crippen molar-refractivity contribution in [2.24, 2.45) is 0 Å². The summed E-state index contributed by atoms with van der Waals surface area (Å²) in [6.45, 7) is 3.53. The number of aryl methyl sites for hydroxylation is 1. The van der Waals surface area contributed by atoms with Gasteiger partial charge in [0.25, 0.3) is 0 Å². The molecule has 6 heteroatoms. The number of hydrogen-bond acceptors (Lipinski definition) is 5. The van der Waals surface area contributed by atoms with Gasteiger partial charge in [0, 0.05) is 36.6 Å². The van der Waals surface area contributed by atoms with E-state index < -0.39 is 0 Å². The summed E-state index contributed by atoms with van der Waals surface area (Å²) in [4.78, 5) is 10.4. The largest absolute Gasteiger partial charge is 0.369 e. The van der Waals surface area contributed by atoms with E-state index in [0.717, 1.165) is 43.1 Å². The Kier molecular flexibility index (Phi) is 4.38. The lowest BCUT2D eigenvalue weighted by molar-refractivity contribution is 0.527. The molecule has 3 rings (SSSR count). The molecule has 1 aromatic heterocycles. The van der Waals surface area contributed by atoms with Crippen LogP contribution in [-0.2, 0) is 0 Å². The molecular formula is C17H18FN5. The highest BCUT2D eigenvalue weighted by molar-refractivity contribution is 5.53. The molecule has 1 fully saturated rings. The highest BCUT2D eigenvalue weighted by Crippen LogP contribution is 2.23. The van der Waals surface area contributed by atoms with Gasteiger partial charge in [-0.1, -0.05) is 0 Å². The minimum atomic E-state index is -0.374. The number of hydrogen-bond donors (Lipinski definition) is 1. The average Bonchev–Trinajstić information content (AvgIpc) is 2.54. The fourth-order valence-corrected chi connectivity index (χ4v) is 2.89. The van der Waals surface area contributed by atoms with Crippen molar-refractivity contribution in [2.45, 2.75) is 25.8 Å². The molecule has 0 aliphatic carbocycles. The molecule has 118 valence electrons. The molecule has 0 spiro atoms. The topological polar surface area (TPSA) is 64.8 Å². The highest BCUT2D eigenvalue weighted by Gasteiger charge is 2.21. The van der Waals surface area contributed by atoms with Gasteiger partial charge in [0.1, 0.15) is 18.0 Å². The van der Waals surface area contributed by atoms with Gasteiger partial charge in [-0.2, -0.15) is 5.26 Å². The maximum Gasteiger partial charge on any atom is 0.129 e. The van der Waals surface area contributed by atoms with Crippen LogP contribution in [0.3, 0.4) is 0 Å². The zero-order valence-corrected chi connectivity index (χ0v) is 13.0. The Morgan fingerprint density at radius 3 is 2.96 bits per heavy atom. The third kappa shape index (κ3) is 3.75. The minimum absolute atomic E-state index is 0.229. The standard InChI is InChI=1S/C17H18FN5/c1-12-5-17(21-11-20-12)22-15-3-2-4-23(10-15)16-7-13(9-19)6-14(18)8-16/h5-8,11,15H,2-4,10H2,1H3,(H,20,21,22).